The van der Waals surface area contributed by atoms with E-state index in [1.807, 2.05) is 7.05 Å². The maximum Gasteiger partial charge on any atom is 0.170 e. The minimum Gasteiger partial charge on any atom is -0.409 e. The summed E-state index contributed by atoms with van der Waals surface area (Å²) in [6, 6.07) is 4.87. The van der Waals surface area contributed by atoms with Crippen LogP contribution in [0.2, 0.25) is 0 Å². The lowest BCUT2D eigenvalue weighted by atomic mass is 10.1. The number of oxime groups is 1. The van der Waals surface area contributed by atoms with E-state index in [4.69, 9.17) is 10.9 Å². The molecule has 5 heteroatoms. The Kier molecular flexibility index (Phi) is 5.09. The van der Waals surface area contributed by atoms with E-state index in [-0.39, 0.29) is 11.7 Å². The number of amidine groups is 1. The molecule has 1 atom stereocenters. The second kappa shape index (κ2) is 6.35. The van der Waals surface area contributed by atoms with Gasteiger partial charge in [0, 0.05) is 18.2 Å². The Morgan fingerprint density at radius 3 is 2.72 bits per heavy atom. The first kappa shape index (κ1) is 14.4. The third kappa shape index (κ3) is 3.70. The molecule has 0 aliphatic heterocycles. The fourth-order valence-electron chi connectivity index (χ4n) is 1.70. The molecule has 1 unspecified atom stereocenters. The van der Waals surface area contributed by atoms with Gasteiger partial charge in [-0.25, -0.2) is 4.39 Å². The smallest absolute Gasteiger partial charge is 0.170 e. The zero-order valence-electron chi connectivity index (χ0n) is 11.0. The highest BCUT2D eigenvalue weighted by molar-refractivity contribution is 5.97. The molecule has 0 heterocycles. The minimum absolute atomic E-state index is 0.0815. The molecule has 3 N–H and O–H groups in total. The van der Waals surface area contributed by atoms with Crippen LogP contribution >= 0.6 is 0 Å². The van der Waals surface area contributed by atoms with Gasteiger partial charge in [0.25, 0.3) is 0 Å². The summed E-state index contributed by atoms with van der Waals surface area (Å²) in [5.41, 5.74) is 6.67. The van der Waals surface area contributed by atoms with Crippen molar-refractivity contribution >= 4 is 5.84 Å². The predicted molar refractivity (Wildman–Crippen MR) is 70.1 cm³/mol. The number of benzene rings is 1. The first-order valence-electron chi connectivity index (χ1n) is 5.95. The van der Waals surface area contributed by atoms with E-state index >= 15 is 0 Å². The highest BCUT2D eigenvalue weighted by Crippen LogP contribution is 2.13. The monoisotopic (exact) mass is 253 g/mol. The van der Waals surface area contributed by atoms with Crippen LogP contribution < -0.4 is 5.73 Å². The third-order valence-electron chi connectivity index (χ3n) is 3.14. The summed E-state index contributed by atoms with van der Waals surface area (Å²) in [7, 11) is 1.99. The summed E-state index contributed by atoms with van der Waals surface area (Å²) >= 11 is 0. The van der Waals surface area contributed by atoms with Crippen LogP contribution in [0, 0.1) is 5.82 Å². The topological polar surface area (TPSA) is 61.8 Å². The van der Waals surface area contributed by atoms with Gasteiger partial charge in [-0.3, -0.25) is 4.90 Å². The van der Waals surface area contributed by atoms with Crippen molar-refractivity contribution in [1.82, 2.24) is 4.90 Å². The average molecular weight is 253 g/mol. The summed E-state index contributed by atoms with van der Waals surface area (Å²) in [5.74, 6) is -0.464. The van der Waals surface area contributed by atoms with E-state index in [9.17, 15) is 4.39 Å². The third-order valence-corrected chi connectivity index (χ3v) is 3.14. The molecule has 1 aromatic carbocycles. The fraction of sp³-hybridized carbons (Fsp3) is 0.462. The lowest BCUT2D eigenvalue weighted by Crippen LogP contribution is -2.28. The molecule has 1 aromatic rings. The van der Waals surface area contributed by atoms with Gasteiger partial charge in [-0.15, -0.1) is 0 Å². The molecule has 0 radical (unpaired) electrons. The van der Waals surface area contributed by atoms with Crippen molar-refractivity contribution in [3.63, 3.8) is 0 Å². The standard InChI is InChI=1S/C13H20FN3O/c1-4-9(2)17(3)8-10-5-11(13(15)16-18)7-12(14)6-10/h5-7,9,18H,4,8H2,1-3H3,(H2,15,16). The summed E-state index contributed by atoms with van der Waals surface area (Å²) in [6.45, 7) is 4.84. The molecule has 0 saturated heterocycles. The predicted octanol–water partition coefficient (Wildman–Crippen LogP) is 2.15. The van der Waals surface area contributed by atoms with Gasteiger partial charge in [-0.2, -0.15) is 0 Å². The van der Waals surface area contributed by atoms with Crippen molar-refractivity contribution in [2.45, 2.75) is 32.9 Å². The molecule has 100 valence electrons. The van der Waals surface area contributed by atoms with Gasteiger partial charge in [0.2, 0.25) is 0 Å². The Bertz CT molecular complexity index is 434. The second-order valence-electron chi connectivity index (χ2n) is 4.51. The number of rotatable bonds is 5. The summed E-state index contributed by atoms with van der Waals surface area (Å²) < 4.78 is 13.4. The first-order valence-corrected chi connectivity index (χ1v) is 5.95. The lowest BCUT2D eigenvalue weighted by Gasteiger charge is -2.23. The molecule has 0 fully saturated rings. The van der Waals surface area contributed by atoms with Gasteiger partial charge < -0.3 is 10.9 Å². The molecule has 4 nitrogen and oxygen atoms in total. The van der Waals surface area contributed by atoms with Gasteiger partial charge in [-0.05, 0) is 44.2 Å². The molecule has 0 amide bonds. The molecule has 0 aliphatic carbocycles. The summed E-state index contributed by atoms with van der Waals surface area (Å²) in [4.78, 5) is 2.13. The number of hydrogen-bond acceptors (Lipinski definition) is 3. The second-order valence-corrected chi connectivity index (χ2v) is 4.51. The fourth-order valence-corrected chi connectivity index (χ4v) is 1.70. The van der Waals surface area contributed by atoms with Gasteiger partial charge in [0.15, 0.2) is 5.84 Å². The Hall–Kier alpha value is -1.62. The highest BCUT2D eigenvalue weighted by Gasteiger charge is 2.10. The van der Waals surface area contributed by atoms with Crippen molar-refractivity contribution in [3.05, 3.63) is 35.1 Å². The molecule has 0 spiro atoms. The molecular formula is C13H20FN3O. The van der Waals surface area contributed by atoms with Crippen LogP contribution in [0.25, 0.3) is 0 Å². The van der Waals surface area contributed by atoms with Crippen LogP contribution in [-0.2, 0) is 6.54 Å². The van der Waals surface area contributed by atoms with Gasteiger partial charge >= 0.3 is 0 Å². The van der Waals surface area contributed by atoms with Crippen LogP contribution in [0.3, 0.4) is 0 Å². The zero-order valence-corrected chi connectivity index (χ0v) is 11.0. The van der Waals surface area contributed by atoms with Crippen molar-refractivity contribution < 1.29 is 9.60 Å². The Morgan fingerprint density at radius 2 is 2.17 bits per heavy atom. The van der Waals surface area contributed by atoms with Crippen LogP contribution in [0.4, 0.5) is 4.39 Å². The summed E-state index contributed by atoms with van der Waals surface area (Å²) in [6.07, 6.45) is 1.03. The molecular weight excluding hydrogens is 233 g/mol. The van der Waals surface area contributed by atoms with E-state index in [0.29, 0.717) is 18.2 Å². The molecule has 1 rings (SSSR count). The van der Waals surface area contributed by atoms with Crippen molar-refractivity contribution in [3.8, 4) is 0 Å². The normalized spacial score (nSPS) is 13.9. The van der Waals surface area contributed by atoms with Gasteiger partial charge in [0.05, 0.1) is 0 Å². The Labute approximate surface area is 107 Å². The van der Waals surface area contributed by atoms with E-state index < -0.39 is 0 Å². The van der Waals surface area contributed by atoms with Crippen LogP contribution in [0.1, 0.15) is 31.4 Å². The first-order chi connectivity index (χ1) is 8.47. The Balaban J connectivity index is 2.93. The SMILES string of the molecule is CCC(C)N(C)Cc1cc(F)cc(/C(N)=N/O)c1. The Morgan fingerprint density at radius 1 is 1.50 bits per heavy atom. The van der Waals surface area contributed by atoms with Gasteiger partial charge in [0.1, 0.15) is 5.82 Å². The quantitative estimate of drug-likeness (QED) is 0.366. The van der Waals surface area contributed by atoms with Crippen LogP contribution in [0.15, 0.2) is 23.4 Å². The lowest BCUT2D eigenvalue weighted by molar-refractivity contribution is 0.243. The van der Waals surface area contributed by atoms with Crippen molar-refractivity contribution in [2.24, 2.45) is 10.9 Å². The van der Waals surface area contributed by atoms with Crippen molar-refractivity contribution in [1.29, 1.82) is 0 Å². The molecule has 18 heavy (non-hydrogen) atoms. The molecule has 0 bridgehead atoms. The van der Waals surface area contributed by atoms with E-state index in [0.717, 1.165) is 12.0 Å². The number of hydrogen-bond donors (Lipinski definition) is 2. The van der Waals surface area contributed by atoms with Gasteiger partial charge in [-0.1, -0.05) is 12.1 Å². The maximum absolute atomic E-state index is 13.4. The van der Waals surface area contributed by atoms with Crippen molar-refractivity contribution in [2.75, 3.05) is 7.05 Å². The minimum atomic E-state index is -0.383. The number of nitrogens with zero attached hydrogens (tertiary/aromatic N) is 2. The number of nitrogens with two attached hydrogens (primary N) is 1. The highest BCUT2D eigenvalue weighted by atomic mass is 19.1. The zero-order chi connectivity index (χ0) is 13.7. The molecule has 0 aliphatic rings. The van der Waals surface area contributed by atoms with Crippen LogP contribution in [0.5, 0.6) is 0 Å². The number of halogens is 1. The van der Waals surface area contributed by atoms with E-state index in [1.165, 1.54) is 12.1 Å². The maximum atomic E-state index is 13.4. The average Bonchev–Trinajstić information content (AvgIpc) is 2.35. The molecule has 0 saturated carbocycles. The van der Waals surface area contributed by atoms with Crippen LogP contribution in [-0.4, -0.2) is 29.0 Å². The van der Waals surface area contributed by atoms with E-state index in [2.05, 4.69) is 23.9 Å². The van der Waals surface area contributed by atoms with E-state index in [1.54, 1.807) is 6.07 Å². The summed E-state index contributed by atoms with van der Waals surface area (Å²) in [5, 5.41) is 11.5. The molecule has 0 aromatic heterocycles. The largest absolute Gasteiger partial charge is 0.409 e.